The summed E-state index contributed by atoms with van der Waals surface area (Å²) in [4.78, 5) is 14.1. The minimum absolute atomic E-state index is 0.193. The van der Waals surface area contributed by atoms with Crippen molar-refractivity contribution in [2.75, 3.05) is 19.7 Å². The first-order chi connectivity index (χ1) is 12.9. The molecule has 1 fully saturated rings. The second-order valence-corrected chi connectivity index (χ2v) is 15.9. The van der Waals surface area contributed by atoms with E-state index < -0.39 is 13.7 Å². The molecule has 2 rings (SSSR count). The zero-order valence-electron chi connectivity index (χ0n) is 18.8. The van der Waals surface area contributed by atoms with E-state index in [9.17, 15) is 4.79 Å². The zero-order valence-corrected chi connectivity index (χ0v) is 19.8. The third kappa shape index (κ3) is 7.58. The van der Waals surface area contributed by atoms with E-state index in [4.69, 9.17) is 9.47 Å². The van der Waals surface area contributed by atoms with Crippen LogP contribution in [0.25, 0.3) is 0 Å². The Balaban J connectivity index is 1.78. The van der Waals surface area contributed by atoms with Crippen molar-refractivity contribution in [2.45, 2.75) is 84.5 Å². The summed E-state index contributed by atoms with van der Waals surface area (Å²) in [6.07, 6.45) is 5.88. The Morgan fingerprint density at radius 1 is 1.29 bits per heavy atom. The molecule has 1 aliphatic heterocycles. The Bertz CT molecular complexity index is 626. The van der Waals surface area contributed by atoms with E-state index in [0.29, 0.717) is 18.6 Å². The molecule has 1 saturated heterocycles. The van der Waals surface area contributed by atoms with Crippen LogP contribution in [0.4, 0.5) is 4.79 Å². The lowest BCUT2D eigenvalue weighted by molar-refractivity contribution is 0.0176. The maximum atomic E-state index is 12.2. The molecule has 160 valence electrons. The summed E-state index contributed by atoms with van der Waals surface area (Å²) < 4.78 is 13.2. The number of aromatic nitrogens is 2. The van der Waals surface area contributed by atoms with Crippen LogP contribution in [0.2, 0.25) is 25.7 Å². The van der Waals surface area contributed by atoms with E-state index in [2.05, 4.69) is 37.9 Å². The molecule has 1 aliphatic rings. The van der Waals surface area contributed by atoms with Gasteiger partial charge in [-0.1, -0.05) is 26.6 Å². The van der Waals surface area contributed by atoms with Crippen molar-refractivity contribution in [3.8, 4) is 0 Å². The molecule has 0 spiro atoms. The number of amides is 1. The Kier molecular flexibility index (Phi) is 7.73. The SMILES string of the molecule is CC(c1cnn(COCC[Si](C)(C)C)c1)C1CCN(C(=O)OC(C)(C)C)CC1. The van der Waals surface area contributed by atoms with Crippen molar-refractivity contribution in [3.05, 3.63) is 18.0 Å². The second-order valence-electron chi connectivity index (χ2n) is 10.3. The first-order valence-corrected chi connectivity index (χ1v) is 14.2. The molecule has 0 bridgehead atoms. The molecule has 0 saturated carbocycles. The fourth-order valence-corrected chi connectivity index (χ4v) is 4.16. The smallest absolute Gasteiger partial charge is 0.410 e. The van der Waals surface area contributed by atoms with Gasteiger partial charge in [0.1, 0.15) is 12.3 Å². The lowest BCUT2D eigenvalue weighted by Gasteiger charge is -2.35. The zero-order chi connectivity index (χ0) is 20.9. The summed E-state index contributed by atoms with van der Waals surface area (Å²) in [6.45, 7) is 17.9. The lowest BCUT2D eigenvalue weighted by atomic mass is 9.82. The molecule has 1 atom stereocenters. The van der Waals surface area contributed by atoms with E-state index >= 15 is 0 Å². The van der Waals surface area contributed by atoms with Gasteiger partial charge in [-0.2, -0.15) is 5.10 Å². The first kappa shape index (κ1) is 22.9. The summed E-state index contributed by atoms with van der Waals surface area (Å²) in [5, 5.41) is 4.47. The van der Waals surface area contributed by atoms with E-state index in [-0.39, 0.29) is 6.09 Å². The monoisotopic (exact) mass is 409 g/mol. The van der Waals surface area contributed by atoms with E-state index in [1.54, 1.807) is 0 Å². The molecular formula is C21H39N3O3Si. The minimum Gasteiger partial charge on any atom is -0.444 e. The highest BCUT2D eigenvalue weighted by Gasteiger charge is 2.30. The van der Waals surface area contributed by atoms with Crippen LogP contribution in [0.1, 0.15) is 52.0 Å². The van der Waals surface area contributed by atoms with Gasteiger partial charge in [0.25, 0.3) is 0 Å². The van der Waals surface area contributed by atoms with Crippen LogP contribution in [0.15, 0.2) is 12.4 Å². The van der Waals surface area contributed by atoms with E-state index in [1.807, 2.05) is 36.5 Å². The number of piperidine rings is 1. The predicted octanol–water partition coefficient (Wildman–Crippen LogP) is 4.95. The number of ether oxygens (including phenoxy) is 2. The van der Waals surface area contributed by atoms with Crippen molar-refractivity contribution >= 4 is 14.2 Å². The van der Waals surface area contributed by atoms with Crippen LogP contribution in [0.3, 0.4) is 0 Å². The number of likely N-dealkylation sites (tertiary alicyclic amines) is 1. The van der Waals surface area contributed by atoms with Crippen LogP contribution >= 0.6 is 0 Å². The molecule has 0 N–H and O–H groups in total. The summed E-state index contributed by atoms with van der Waals surface area (Å²) in [5.74, 6) is 0.987. The standard InChI is InChI=1S/C21H39N3O3Si/c1-17(18-8-10-23(11-9-18)20(25)27-21(2,3)4)19-14-22-24(15-19)16-26-12-13-28(5,6)7/h14-15,17-18H,8-13,16H2,1-7H3. The molecule has 0 aromatic carbocycles. The van der Waals surface area contributed by atoms with Crippen LogP contribution in [0.5, 0.6) is 0 Å². The quantitative estimate of drug-likeness (QED) is 0.472. The van der Waals surface area contributed by atoms with Gasteiger partial charge in [-0.05, 0) is 57.1 Å². The van der Waals surface area contributed by atoms with Crippen LogP contribution in [-0.2, 0) is 16.2 Å². The fraction of sp³-hybridized carbons (Fsp3) is 0.810. The molecule has 0 radical (unpaired) electrons. The number of hydrogen-bond donors (Lipinski definition) is 0. The number of carbonyl (C=O) groups is 1. The van der Waals surface area contributed by atoms with Crippen LogP contribution < -0.4 is 0 Å². The largest absolute Gasteiger partial charge is 0.444 e. The summed E-state index contributed by atoms with van der Waals surface area (Å²) in [7, 11) is -1.05. The number of nitrogens with zero attached hydrogens (tertiary/aromatic N) is 3. The van der Waals surface area contributed by atoms with Gasteiger partial charge in [0.15, 0.2) is 0 Å². The maximum absolute atomic E-state index is 12.2. The van der Waals surface area contributed by atoms with Gasteiger partial charge in [-0.25, -0.2) is 9.48 Å². The highest BCUT2D eigenvalue weighted by molar-refractivity contribution is 6.76. The third-order valence-electron chi connectivity index (χ3n) is 5.30. The topological polar surface area (TPSA) is 56.6 Å². The van der Waals surface area contributed by atoms with E-state index in [0.717, 1.165) is 32.5 Å². The Morgan fingerprint density at radius 2 is 1.93 bits per heavy atom. The number of hydrogen-bond acceptors (Lipinski definition) is 4. The number of rotatable bonds is 7. The normalized spacial score (nSPS) is 17.6. The molecule has 28 heavy (non-hydrogen) atoms. The molecule has 1 unspecified atom stereocenters. The fourth-order valence-electron chi connectivity index (χ4n) is 3.40. The molecule has 0 aliphatic carbocycles. The minimum atomic E-state index is -1.05. The Labute approximate surface area is 171 Å². The molecule has 1 aromatic rings. The Morgan fingerprint density at radius 3 is 2.50 bits per heavy atom. The maximum Gasteiger partial charge on any atom is 0.410 e. The van der Waals surface area contributed by atoms with Gasteiger partial charge >= 0.3 is 6.09 Å². The van der Waals surface area contributed by atoms with Crippen molar-refractivity contribution in [3.63, 3.8) is 0 Å². The van der Waals surface area contributed by atoms with Crippen molar-refractivity contribution in [1.29, 1.82) is 0 Å². The molecule has 6 nitrogen and oxygen atoms in total. The highest BCUT2D eigenvalue weighted by Crippen LogP contribution is 2.32. The number of carbonyl (C=O) groups excluding carboxylic acids is 1. The second kappa shape index (κ2) is 9.44. The summed E-state index contributed by atoms with van der Waals surface area (Å²) in [6, 6.07) is 1.17. The average Bonchev–Trinajstić information content (AvgIpc) is 3.05. The van der Waals surface area contributed by atoms with Gasteiger partial charge in [-0.3, -0.25) is 0 Å². The predicted molar refractivity (Wildman–Crippen MR) is 115 cm³/mol. The molecular weight excluding hydrogens is 370 g/mol. The van der Waals surface area contributed by atoms with Crippen molar-refractivity contribution in [1.82, 2.24) is 14.7 Å². The third-order valence-corrected chi connectivity index (χ3v) is 7.00. The summed E-state index contributed by atoms with van der Waals surface area (Å²) >= 11 is 0. The average molecular weight is 410 g/mol. The first-order valence-electron chi connectivity index (χ1n) is 10.5. The highest BCUT2D eigenvalue weighted by atomic mass is 28.3. The van der Waals surface area contributed by atoms with Gasteiger partial charge in [0.05, 0.1) is 6.20 Å². The lowest BCUT2D eigenvalue weighted by Crippen LogP contribution is -2.42. The van der Waals surface area contributed by atoms with Crippen molar-refractivity contribution < 1.29 is 14.3 Å². The van der Waals surface area contributed by atoms with Crippen LogP contribution in [-0.4, -0.2) is 54.1 Å². The van der Waals surface area contributed by atoms with Gasteiger partial charge < -0.3 is 14.4 Å². The van der Waals surface area contributed by atoms with Gasteiger partial charge in [0, 0.05) is 34.0 Å². The summed E-state index contributed by atoms with van der Waals surface area (Å²) in [5.41, 5.74) is 0.817. The van der Waals surface area contributed by atoms with E-state index in [1.165, 1.54) is 11.6 Å². The van der Waals surface area contributed by atoms with Gasteiger partial charge in [0.2, 0.25) is 0 Å². The molecule has 7 heteroatoms. The van der Waals surface area contributed by atoms with Crippen molar-refractivity contribution in [2.24, 2.45) is 5.92 Å². The molecule has 1 amide bonds. The molecule has 1 aromatic heterocycles. The van der Waals surface area contributed by atoms with Gasteiger partial charge in [-0.15, -0.1) is 0 Å². The van der Waals surface area contributed by atoms with Crippen LogP contribution in [0, 0.1) is 5.92 Å². The molecule has 2 heterocycles. The Hall–Kier alpha value is -1.34.